The quantitative estimate of drug-likeness (QED) is 0.464. The van der Waals surface area contributed by atoms with Gasteiger partial charge >= 0.3 is 5.97 Å². The van der Waals surface area contributed by atoms with Gasteiger partial charge < -0.3 is 9.47 Å². The number of esters is 1. The van der Waals surface area contributed by atoms with Gasteiger partial charge in [0, 0.05) is 12.0 Å². The average Bonchev–Trinajstić information content (AvgIpc) is 3.09. The molecule has 1 aromatic heterocycles. The largest absolute Gasteiger partial charge is 0.497 e. The molecule has 6 heteroatoms. The van der Waals surface area contributed by atoms with E-state index in [9.17, 15) is 9.59 Å². The lowest BCUT2D eigenvalue weighted by Crippen LogP contribution is -2.24. The molecule has 0 saturated heterocycles. The summed E-state index contributed by atoms with van der Waals surface area (Å²) in [6.07, 6.45) is -0.131. The number of fused-ring (bicyclic) bond motifs is 1. The van der Waals surface area contributed by atoms with E-state index in [-0.39, 0.29) is 12.2 Å². The molecule has 1 heterocycles. The Balaban J connectivity index is 1.53. The fourth-order valence-corrected chi connectivity index (χ4v) is 3.50. The van der Waals surface area contributed by atoms with Crippen LogP contribution in [0.5, 0.6) is 5.75 Å². The number of Topliss-reactive ketones (excluding diaryl/α,β-unsaturated/α-hetero) is 1. The molecule has 0 N–H and O–H groups in total. The number of ketones is 1. The standard InChI is InChI=1S/C20H19NO4S/c1-13(20(23)14-7-9-15(24-2)10-8-14)25-19(22)12-11-18-21-16-5-3-4-6-17(16)26-18/h3-10,13H,11-12H2,1-2H3/t13-/m0/s1. The number of aromatic nitrogens is 1. The number of thiazole rings is 1. The highest BCUT2D eigenvalue weighted by atomic mass is 32.1. The Morgan fingerprint density at radius 1 is 1.12 bits per heavy atom. The molecule has 0 fully saturated rings. The number of hydrogen-bond donors (Lipinski definition) is 0. The molecule has 0 saturated carbocycles. The molecule has 3 rings (SSSR count). The first-order valence-corrected chi connectivity index (χ1v) is 9.10. The van der Waals surface area contributed by atoms with Gasteiger partial charge in [-0.2, -0.15) is 0 Å². The van der Waals surface area contributed by atoms with Crippen molar-refractivity contribution in [1.82, 2.24) is 4.98 Å². The smallest absolute Gasteiger partial charge is 0.306 e. The normalized spacial score (nSPS) is 11.9. The van der Waals surface area contributed by atoms with Gasteiger partial charge in [-0.1, -0.05) is 12.1 Å². The Labute approximate surface area is 155 Å². The van der Waals surface area contributed by atoms with E-state index >= 15 is 0 Å². The SMILES string of the molecule is COc1ccc(C(=O)[C@H](C)OC(=O)CCc2nc3ccccc3s2)cc1. The van der Waals surface area contributed by atoms with E-state index in [2.05, 4.69) is 4.98 Å². The predicted molar refractivity (Wildman–Crippen MR) is 101 cm³/mol. The van der Waals surface area contributed by atoms with Gasteiger partial charge in [0.05, 0.1) is 28.8 Å². The molecule has 0 amide bonds. The minimum Gasteiger partial charge on any atom is -0.497 e. The number of nitrogens with zero attached hydrogens (tertiary/aromatic N) is 1. The summed E-state index contributed by atoms with van der Waals surface area (Å²) in [6, 6.07) is 14.6. The topological polar surface area (TPSA) is 65.5 Å². The van der Waals surface area contributed by atoms with Crippen LogP contribution in [0.3, 0.4) is 0 Å². The molecular weight excluding hydrogens is 350 g/mol. The summed E-state index contributed by atoms with van der Waals surface area (Å²) in [5.41, 5.74) is 1.42. The zero-order chi connectivity index (χ0) is 18.5. The molecule has 134 valence electrons. The van der Waals surface area contributed by atoms with Gasteiger partial charge in [-0.15, -0.1) is 11.3 Å². The third-order valence-corrected chi connectivity index (χ3v) is 5.03. The molecule has 0 radical (unpaired) electrons. The summed E-state index contributed by atoms with van der Waals surface area (Å²) in [7, 11) is 1.56. The van der Waals surface area contributed by atoms with E-state index in [1.165, 1.54) is 0 Å². The fraction of sp³-hybridized carbons (Fsp3) is 0.250. The number of aryl methyl sites for hydroxylation is 1. The summed E-state index contributed by atoms with van der Waals surface area (Å²) < 4.78 is 11.4. The number of carbonyl (C=O) groups excluding carboxylic acids is 2. The van der Waals surface area contributed by atoms with E-state index < -0.39 is 12.1 Å². The maximum absolute atomic E-state index is 12.3. The molecule has 0 unspecified atom stereocenters. The van der Waals surface area contributed by atoms with Crippen molar-refractivity contribution < 1.29 is 19.1 Å². The Morgan fingerprint density at radius 2 is 1.85 bits per heavy atom. The molecule has 3 aromatic rings. The van der Waals surface area contributed by atoms with Gasteiger partial charge in [-0.3, -0.25) is 9.59 Å². The predicted octanol–water partition coefficient (Wildman–Crippen LogP) is 4.05. The molecule has 0 aliphatic rings. The van der Waals surface area contributed by atoms with Crippen LogP contribution in [0.25, 0.3) is 10.2 Å². The van der Waals surface area contributed by atoms with E-state index in [4.69, 9.17) is 9.47 Å². The van der Waals surface area contributed by atoms with Gasteiger partial charge in [0.2, 0.25) is 5.78 Å². The van der Waals surface area contributed by atoms with Crippen molar-refractivity contribution in [1.29, 1.82) is 0 Å². The zero-order valence-electron chi connectivity index (χ0n) is 14.6. The molecule has 2 aromatic carbocycles. The van der Waals surface area contributed by atoms with Crippen LogP contribution >= 0.6 is 11.3 Å². The maximum Gasteiger partial charge on any atom is 0.306 e. The number of rotatable bonds is 7. The van der Waals surface area contributed by atoms with Crippen LogP contribution in [0.1, 0.15) is 28.7 Å². The molecule has 1 atom stereocenters. The first-order chi connectivity index (χ1) is 12.6. The molecular formula is C20H19NO4S. The second-order valence-corrected chi connectivity index (χ2v) is 6.92. The van der Waals surface area contributed by atoms with Crippen LogP contribution in [0.4, 0.5) is 0 Å². The maximum atomic E-state index is 12.3. The monoisotopic (exact) mass is 369 g/mol. The van der Waals surface area contributed by atoms with Crippen LogP contribution < -0.4 is 4.74 Å². The summed E-state index contributed by atoms with van der Waals surface area (Å²) in [6.45, 7) is 1.59. The third kappa shape index (κ3) is 4.26. The van der Waals surface area contributed by atoms with Crippen LogP contribution in [0, 0.1) is 0 Å². The zero-order valence-corrected chi connectivity index (χ0v) is 15.4. The Bertz CT molecular complexity index is 884. The number of para-hydroxylation sites is 1. The van der Waals surface area contributed by atoms with E-state index in [1.807, 2.05) is 24.3 Å². The van der Waals surface area contributed by atoms with E-state index in [0.717, 1.165) is 15.2 Å². The van der Waals surface area contributed by atoms with Crippen LogP contribution in [-0.2, 0) is 16.0 Å². The average molecular weight is 369 g/mol. The molecule has 0 aliphatic carbocycles. The van der Waals surface area contributed by atoms with E-state index in [1.54, 1.807) is 49.6 Å². The Hall–Kier alpha value is -2.73. The molecule has 5 nitrogen and oxygen atoms in total. The van der Waals surface area contributed by atoms with Crippen LogP contribution in [0.2, 0.25) is 0 Å². The molecule has 26 heavy (non-hydrogen) atoms. The first-order valence-electron chi connectivity index (χ1n) is 8.29. The van der Waals surface area contributed by atoms with Crippen molar-refractivity contribution in [3.8, 4) is 5.75 Å². The lowest BCUT2D eigenvalue weighted by Gasteiger charge is -2.12. The highest BCUT2D eigenvalue weighted by Crippen LogP contribution is 2.22. The highest BCUT2D eigenvalue weighted by molar-refractivity contribution is 7.18. The Morgan fingerprint density at radius 3 is 2.54 bits per heavy atom. The van der Waals surface area contributed by atoms with Crippen molar-refractivity contribution in [2.24, 2.45) is 0 Å². The lowest BCUT2D eigenvalue weighted by molar-refractivity contribution is -0.146. The minimum absolute atomic E-state index is 0.194. The number of carbonyl (C=O) groups is 2. The van der Waals surface area contributed by atoms with Crippen molar-refractivity contribution in [3.05, 3.63) is 59.1 Å². The number of hydrogen-bond acceptors (Lipinski definition) is 6. The highest BCUT2D eigenvalue weighted by Gasteiger charge is 2.19. The molecule has 0 aliphatic heterocycles. The number of methoxy groups -OCH3 is 1. The number of ether oxygens (including phenoxy) is 2. The third-order valence-electron chi connectivity index (χ3n) is 3.93. The molecule has 0 spiro atoms. The summed E-state index contributed by atoms with van der Waals surface area (Å²) in [5, 5.41) is 0.886. The summed E-state index contributed by atoms with van der Waals surface area (Å²) in [5.74, 6) is 0.0293. The first kappa shape index (κ1) is 18.1. The summed E-state index contributed by atoms with van der Waals surface area (Å²) >= 11 is 1.57. The summed E-state index contributed by atoms with van der Waals surface area (Å²) in [4.78, 5) is 28.9. The van der Waals surface area contributed by atoms with Gasteiger partial charge in [0.25, 0.3) is 0 Å². The van der Waals surface area contributed by atoms with Crippen LogP contribution in [0.15, 0.2) is 48.5 Å². The van der Waals surface area contributed by atoms with Crippen molar-refractivity contribution in [3.63, 3.8) is 0 Å². The molecule has 0 bridgehead atoms. The second kappa shape index (κ2) is 8.10. The van der Waals surface area contributed by atoms with Crippen molar-refractivity contribution >= 4 is 33.3 Å². The van der Waals surface area contributed by atoms with Gasteiger partial charge in [0.15, 0.2) is 6.10 Å². The van der Waals surface area contributed by atoms with Crippen molar-refractivity contribution in [2.45, 2.75) is 25.9 Å². The fourth-order valence-electron chi connectivity index (χ4n) is 2.54. The van der Waals surface area contributed by atoms with Crippen LogP contribution in [-0.4, -0.2) is 30.0 Å². The van der Waals surface area contributed by atoms with E-state index in [0.29, 0.717) is 17.7 Å². The van der Waals surface area contributed by atoms with Gasteiger partial charge in [-0.25, -0.2) is 4.98 Å². The van der Waals surface area contributed by atoms with Gasteiger partial charge in [0.1, 0.15) is 5.75 Å². The number of benzene rings is 2. The second-order valence-electron chi connectivity index (χ2n) is 5.80. The lowest BCUT2D eigenvalue weighted by atomic mass is 10.1. The van der Waals surface area contributed by atoms with Crippen molar-refractivity contribution in [2.75, 3.05) is 7.11 Å². The minimum atomic E-state index is -0.828. The van der Waals surface area contributed by atoms with Gasteiger partial charge in [-0.05, 0) is 43.3 Å². The Kier molecular flexibility index (Phi) is 5.63.